The minimum Gasteiger partial charge on any atom is -0.312 e. The molecular formula is C16H8BrCl2NO2. The van der Waals surface area contributed by atoms with Gasteiger partial charge in [0.25, 0.3) is 0 Å². The number of halogens is 3. The number of carbonyl (C=O) groups excluding carboxylic acids is 1. The number of nitrogens with zero attached hydrogens (tertiary/aromatic N) is 1. The molecule has 3 nitrogen and oxygen atoms in total. The molecule has 1 aliphatic rings. The fraction of sp³-hybridized carbons (Fsp3) is 0. The van der Waals surface area contributed by atoms with Crippen LogP contribution < -0.4 is 0 Å². The molecule has 0 radical (unpaired) electrons. The van der Waals surface area contributed by atoms with Gasteiger partial charge in [0.15, 0.2) is 0 Å². The van der Waals surface area contributed by atoms with E-state index in [0.717, 1.165) is 10.0 Å². The molecule has 0 atom stereocenters. The van der Waals surface area contributed by atoms with Crippen molar-refractivity contribution < 1.29 is 9.63 Å². The minimum absolute atomic E-state index is 0.344. The smallest absolute Gasteiger partial charge is 0.312 e. The van der Waals surface area contributed by atoms with Crippen LogP contribution in [-0.2, 0) is 9.63 Å². The maximum Gasteiger partial charge on any atom is 0.368 e. The summed E-state index contributed by atoms with van der Waals surface area (Å²) in [7, 11) is 0. The van der Waals surface area contributed by atoms with Gasteiger partial charge >= 0.3 is 5.97 Å². The van der Waals surface area contributed by atoms with E-state index in [-0.39, 0.29) is 0 Å². The second kappa shape index (κ2) is 6.24. The summed E-state index contributed by atoms with van der Waals surface area (Å²) in [4.78, 5) is 16.8. The van der Waals surface area contributed by atoms with Crippen molar-refractivity contribution in [3.8, 4) is 0 Å². The molecule has 0 saturated carbocycles. The molecule has 110 valence electrons. The summed E-state index contributed by atoms with van der Waals surface area (Å²) in [6.45, 7) is 0. The highest BCUT2D eigenvalue weighted by Gasteiger charge is 2.28. The van der Waals surface area contributed by atoms with Crippen LogP contribution in [0.15, 0.2) is 57.7 Å². The van der Waals surface area contributed by atoms with E-state index in [1.165, 1.54) is 0 Å². The number of carbonyl (C=O) groups is 1. The van der Waals surface area contributed by atoms with Crippen molar-refractivity contribution in [2.24, 2.45) is 5.16 Å². The highest BCUT2D eigenvalue weighted by molar-refractivity contribution is 9.10. The Hall–Kier alpha value is -1.62. The van der Waals surface area contributed by atoms with E-state index in [1.807, 2.05) is 24.3 Å². The monoisotopic (exact) mass is 395 g/mol. The van der Waals surface area contributed by atoms with Crippen molar-refractivity contribution in [2.75, 3.05) is 0 Å². The van der Waals surface area contributed by atoms with E-state index in [0.29, 0.717) is 26.9 Å². The summed E-state index contributed by atoms with van der Waals surface area (Å²) in [5.41, 5.74) is 2.17. The van der Waals surface area contributed by atoms with Crippen LogP contribution in [0.5, 0.6) is 0 Å². The normalized spacial score (nSPS) is 15.9. The van der Waals surface area contributed by atoms with E-state index in [4.69, 9.17) is 28.0 Å². The van der Waals surface area contributed by atoms with Crippen molar-refractivity contribution in [3.05, 3.63) is 73.7 Å². The fourth-order valence-electron chi connectivity index (χ4n) is 2.03. The summed E-state index contributed by atoms with van der Waals surface area (Å²) >= 11 is 15.5. The second-order valence-corrected chi connectivity index (χ2v) is 6.22. The van der Waals surface area contributed by atoms with E-state index < -0.39 is 5.97 Å². The topological polar surface area (TPSA) is 38.7 Å². The van der Waals surface area contributed by atoms with E-state index in [1.54, 1.807) is 24.3 Å². The van der Waals surface area contributed by atoms with Crippen LogP contribution in [0.25, 0.3) is 6.08 Å². The maximum absolute atomic E-state index is 12.0. The Labute approximate surface area is 145 Å². The molecule has 0 unspecified atom stereocenters. The fourth-order valence-corrected chi connectivity index (χ4v) is 2.93. The zero-order valence-electron chi connectivity index (χ0n) is 11.0. The van der Waals surface area contributed by atoms with Crippen molar-refractivity contribution in [2.45, 2.75) is 0 Å². The third kappa shape index (κ3) is 2.95. The van der Waals surface area contributed by atoms with Crippen LogP contribution >= 0.6 is 39.1 Å². The van der Waals surface area contributed by atoms with Crippen LogP contribution in [0.3, 0.4) is 0 Å². The highest BCUT2D eigenvalue weighted by atomic mass is 79.9. The summed E-state index contributed by atoms with van der Waals surface area (Å²) in [6, 6.07) is 12.5. The predicted octanol–water partition coefficient (Wildman–Crippen LogP) is 5.10. The number of benzene rings is 2. The average molecular weight is 397 g/mol. The zero-order valence-corrected chi connectivity index (χ0v) is 14.1. The largest absolute Gasteiger partial charge is 0.368 e. The average Bonchev–Trinajstić information content (AvgIpc) is 2.83. The van der Waals surface area contributed by atoms with E-state index >= 15 is 0 Å². The van der Waals surface area contributed by atoms with Gasteiger partial charge in [0, 0.05) is 15.1 Å². The Morgan fingerprint density at radius 2 is 1.91 bits per heavy atom. The van der Waals surface area contributed by atoms with Gasteiger partial charge in [0.2, 0.25) is 0 Å². The molecule has 0 fully saturated rings. The molecule has 2 aromatic rings. The van der Waals surface area contributed by atoms with E-state index in [9.17, 15) is 4.79 Å². The van der Waals surface area contributed by atoms with Crippen molar-refractivity contribution in [1.29, 1.82) is 0 Å². The molecule has 0 spiro atoms. The molecule has 0 bridgehead atoms. The third-order valence-electron chi connectivity index (χ3n) is 3.09. The highest BCUT2D eigenvalue weighted by Crippen LogP contribution is 2.29. The summed E-state index contributed by atoms with van der Waals surface area (Å²) in [5, 5.41) is 4.76. The molecule has 3 rings (SSSR count). The van der Waals surface area contributed by atoms with Gasteiger partial charge in [-0.2, -0.15) is 0 Å². The standard InChI is InChI=1S/C16H8BrCl2NO2/c17-13-4-2-1-3-9(13)7-12-15(20-22-16(12)21)11-6-5-10(18)8-14(11)19/h1-8H/b12-7-. The van der Waals surface area contributed by atoms with Gasteiger partial charge < -0.3 is 4.84 Å². The lowest BCUT2D eigenvalue weighted by Gasteiger charge is -2.04. The Bertz CT molecular complexity index is 831. The Kier molecular flexibility index (Phi) is 4.34. The lowest BCUT2D eigenvalue weighted by Crippen LogP contribution is -2.07. The molecule has 1 aliphatic heterocycles. The van der Waals surface area contributed by atoms with Crippen molar-refractivity contribution >= 4 is 56.9 Å². The molecule has 0 amide bonds. The molecule has 0 N–H and O–H groups in total. The first-order chi connectivity index (χ1) is 10.6. The summed E-state index contributed by atoms with van der Waals surface area (Å²) < 4.78 is 0.865. The summed E-state index contributed by atoms with van der Waals surface area (Å²) in [6.07, 6.45) is 1.71. The van der Waals surface area contributed by atoms with Gasteiger partial charge in [-0.05, 0) is 35.9 Å². The SMILES string of the molecule is O=C1ON=C(c2ccc(Cl)cc2Cl)/C1=C/c1ccccc1Br. The van der Waals surface area contributed by atoms with Gasteiger partial charge in [-0.3, -0.25) is 0 Å². The number of hydrogen-bond donors (Lipinski definition) is 0. The Morgan fingerprint density at radius 1 is 1.14 bits per heavy atom. The maximum atomic E-state index is 12.0. The van der Waals surface area contributed by atoms with Gasteiger partial charge in [-0.25, -0.2) is 4.79 Å². The lowest BCUT2D eigenvalue weighted by atomic mass is 10.0. The molecule has 2 aromatic carbocycles. The molecule has 1 heterocycles. The lowest BCUT2D eigenvalue weighted by molar-refractivity contribution is -0.136. The van der Waals surface area contributed by atoms with Crippen LogP contribution in [-0.4, -0.2) is 11.7 Å². The zero-order chi connectivity index (χ0) is 15.7. The molecular weight excluding hydrogens is 389 g/mol. The molecule has 0 saturated heterocycles. The first-order valence-corrected chi connectivity index (χ1v) is 7.82. The number of rotatable bonds is 2. The van der Waals surface area contributed by atoms with Crippen LogP contribution in [0.1, 0.15) is 11.1 Å². The molecule has 0 aliphatic carbocycles. The molecule has 0 aromatic heterocycles. The summed E-state index contributed by atoms with van der Waals surface area (Å²) in [5.74, 6) is -0.517. The number of oxime groups is 1. The van der Waals surface area contributed by atoms with E-state index in [2.05, 4.69) is 21.1 Å². The predicted molar refractivity (Wildman–Crippen MR) is 91.2 cm³/mol. The second-order valence-electron chi connectivity index (χ2n) is 4.52. The van der Waals surface area contributed by atoms with Crippen molar-refractivity contribution in [3.63, 3.8) is 0 Å². The third-order valence-corrected chi connectivity index (χ3v) is 4.36. The number of hydrogen-bond acceptors (Lipinski definition) is 3. The van der Waals surface area contributed by atoms with Gasteiger partial charge in [-0.1, -0.05) is 62.5 Å². The van der Waals surface area contributed by atoms with Crippen LogP contribution in [0, 0.1) is 0 Å². The Balaban J connectivity index is 2.08. The van der Waals surface area contributed by atoms with Gasteiger partial charge in [0.1, 0.15) is 5.71 Å². The first-order valence-electron chi connectivity index (χ1n) is 6.27. The minimum atomic E-state index is -0.517. The van der Waals surface area contributed by atoms with Gasteiger partial charge in [-0.15, -0.1) is 0 Å². The van der Waals surface area contributed by atoms with Crippen molar-refractivity contribution in [1.82, 2.24) is 0 Å². The first kappa shape index (κ1) is 15.3. The Morgan fingerprint density at radius 3 is 2.64 bits per heavy atom. The van der Waals surface area contributed by atoms with Crippen LogP contribution in [0.2, 0.25) is 10.0 Å². The molecule has 22 heavy (non-hydrogen) atoms. The quantitative estimate of drug-likeness (QED) is 0.523. The van der Waals surface area contributed by atoms with Gasteiger partial charge in [0.05, 0.1) is 10.6 Å². The molecule has 6 heteroatoms. The van der Waals surface area contributed by atoms with Crippen LogP contribution in [0.4, 0.5) is 0 Å².